The Morgan fingerprint density at radius 1 is 1.09 bits per heavy atom. The van der Waals surface area contributed by atoms with Crippen LogP contribution in [0.2, 0.25) is 0 Å². The van der Waals surface area contributed by atoms with Gasteiger partial charge < -0.3 is 14.3 Å². The van der Waals surface area contributed by atoms with Gasteiger partial charge in [0.1, 0.15) is 17.3 Å². The van der Waals surface area contributed by atoms with E-state index >= 15 is 0 Å². The fourth-order valence-corrected chi connectivity index (χ4v) is 3.30. The monoisotopic (exact) mass is 457 g/mol. The van der Waals surface area contributed by atoms with E-state index in [9.17, 15) is 13.6 Å². The number of anilines is 1. The molecule has 0 aliphatic carbocycles. The number of thioether (sulfide) groups is 1. The molecule has 0 aliphatic rings. The van der Waals surface area contributed by atoms with E-state index in [0.29, 0.717) is 22.7 Å². The molecular formula is C21H17F2N5O3S. The molecule has 0 saturated heterocycles. The van der Waals surface area contributed by atoms with Crippen LogP contribution >= 0.6 is 11.8 Å². The first-order valence-electron chi connectivity index (χ1n) is 9.56. The zero-order valence-electron chi connectivity index (χ0n) is 16.8. The van der Waals surface area contributed by atoms with E-state index in [-0.39, 0.29) is 18.7 Å². The third-order valence-corrected chi connectivity index (χ3v) is 5.15. The normalized spacial score (nSPS) is 11.0. The fraction of sp³-hybridized carbons (Fsp3) is 0.190. The van der Waals surface area contributed by atoms with Crippen LogP contribution in [-0.4, -0.2) is 26.2 Å². The predicted molar refractivity (Wildman–Crippen MR) is 112 cm³/mol. The van der Waals surface area contributed by atoms with Gasteiger partial charge in [-0.15, -0.1) is 10.2 Å². The number of carbonyl (C=O) groups is 1. The van der Waals surface area contributed by atoms with Gasteiger partial charge >= 0.3 is 0 Å². The lowest BCUT2D eigenvalue weighted by molar-refractivity contribution is -0.116. The van der Waals surface area contributed by atoms with Gasteiger partial charge in [0.15, 0.2) is 5.82 Å². The van der Waals surface area contributed by atoms with Crippen LogP contribution in [0.1, 0.15) is 23.7 Å². The van der Waals surface area contributed by atoms with E-state index in [1.807, 2.05) is 31.2 Å². The third kappa shape index (κ3) is 5.35. The van der Waals surface area contributed by atoms with Gasteiger partial charge in [-0.2, -0.15) is 4.98 Å². The van der Waals surface area contributed by atoms with Gasteiger partial charge in [-0.25, -0.2) is 8.78 Å². The second-order valence-electron chi connectivity index (χ2n) is 6.78. The van der Waals surface area contributed by atoms with Crippen molar-refractivity contribution >= 4 is 23.4 Å². The fourth-order valence-electron chi connectivity index (χ4n) is 2.70. The zero-order chi connectivity index (χ0) is 22.5. The van der Waals surface area contributed by atoms with Crippen molar-refractivity contribution in [1.82, 2.24) is 20.3 Å². The van der Waals surface area contributed by atoms with Crippen LogP contribution < -0.4 is 5.32 Å². The molecule has 0 saturated carbocycles. The quantitative estimate of drug-likeness (QED) is 0.384. The molecule has 0 fully saturated rings. The molecular weight excluding hydrogens is 440 g/mol. The second-order valence-corrected chi connectivity index (χ2v) is 7.70. The minimum Gasteiger partial charge on any atom is -0.411 e. The molecule has 8 nitrogen and oxygen atoms in total. The molecule has 2 aromatic heterocycles. The first-order chi connectivity index (χ1) is 15.5. The molecule has 0 aliphatic heterocycles. The van der Waals surface area contributed by atoms with Crippen LogP contribution in [0, 0.1) is 18.6 Å². The number of hydrogen-bond acceptors (Lipinski definition) is 8. The number of carbonyl (C=O) groups excluding carboxylic acids is 1. The van der Waals surface area contributed by atoms with Crippen LogP contribution in [-0.2, 0) is 17.0 Å². The molecule has 2 heterocycles. The smallest absolute Gasteiger partial charge is 0.277 e. The Balaban J connectivity index is 1.27. The average molecular weight is 457 g/mol. The highest BCUT2D eigenvalue weighted by Gasteiger charge is 2.15. The summed E-state index contributed by atoms with van der Waals surface area (Å²) in [4.78, 5) is 16.2. The maximum atomic E-state index is 13.6. The summed E-state index contributed by atoms with van der Waals surface area (Å²) in [5.41, 5.74) is 1.47. The molecule has 0 radical (unpaired) electrons. The first-order valence-corrected chi connectivity index (χ1v) is 10.5. The average Bonchev–Trinajstić information content (AvgIpc) is 3.44. The topological polar surface area (TPSA) is 107 Å². The molecule has 4 rings (SSSR count). The molecule has 0 bridgehead atoms. The summed E-state index contributed by atoms with van der Waals surface area (Å²) in [5.74, 6) is -0.900. The highest BCUT2D eigenvalue weighted by atomic mass is 32.2. The minimum absolute atomic E-state index is 0.0773. The predicted octanol–water partition coefficient (Wildman–Crippen LogP) is 4.57. The molecule has 1 N–H and O–H groups in total. The summed E-state index contributed by atoms with van der Waals surface area (Å²) in [5, 5.41) is 14.4. The Labute approximate surface area is 185 Å². The third-order valence-electron chi connectivity index (χ3n) is 4.33. The van der Waals surface area contributed by atoms with Gasteiger partial charge in [-0.1, -0.05) is 40.7 Å². The van der Waals surface area contributed by atoms with E-state index in [0.717, 1.165) is 23.3 Å². The number of aromatic nitrogens is 4. The van der Waals surface area contributed by atoms with Crippen molar-refractivity contribution in [2.24, 2.45) is 0 Å². The Morgan fingerprint density at radius 2 is 1.84 bits per heavy atom. The number of para-hydroxylation sites is 1. The Morgan fingerprint density at radius 3 is 2.59 bits per heavy atom. The van der Waals surface area contributed by atoms with Crippen molar-refractivity contribution in [3.05, 3.63) is 71.4 Å². The molecule has 2 aromatic carbocycles. The standard InChI is InChI=1S/C21H17F2N5O3S/c1-12-5-7-13(8-6-12)20-26-27-21(30-20)32-11-16-24-18(31-28-16)10-9-17(29)25-19-14(22)3-2-4-15(19)23/h2-8H,9-11H2,1H3,(H,25,29). The summed E-state index contributed by atoms with van der Waals surface area (Å²) in [6.45, 7) is 1.99. The van der Waals surface area contributed by atoms with Crippen LogP contribution in [0.3, 0.4) is 0 Å². The Bertz CT molecular complexity index is 1210. The van der Waals surface area contributed by atoms with Crippen molar-refractivity contribution in [3.8, 4) is 11.5 Å². The van der Waals surface area contributed by atoms with Crippen molar-refractivity contribution < 1.29 is 22.5 Å². The summed E-state index contributed by atoms with van der Waals surface area (Å²) in [6.07, 6.45) is 0.0455. The summed E-state index contributed by atoms with van der Waals surface area (Å²) in [6, 6.07) is 11.1. The highest BCUT2D eigenvalue weighted by Crippen LogP contribution is 2.25. The zero-order valence-corrected chi connectivity index (χ0v) is 17.7. The molecule has 1 amide bonds. The van der Waals surface area contributed by atoms with Crippen molar-refractivity contribution in [2.75, 3.05) is 5.32 Å². The molecule has 0 atom stereocenters. The van der Waals surface area contributed by atoms with Crippen molar-refractivity contribution in [1.29, 1.82) is 0 Å². The SMILES string of the molecule is Cc1ccc(-c2nnc(SCc3noc(CCC(=O)Nc4c(F)cccc4F)n3)o2)cc1. The number of nitrogens with one attached hydrogen (secondary N) is 1. The number of benzene rings is 2. The van der Waals surface area contributed by atoms with Crippen LogP contribution in [0.5, 0.6) is 0 Å². The van der Waals surface area contributed by atoms with Gasteiger partial charge in [0.05, 0.1) is 5.75 Å². The lowest BCUT2D eigenvalue weighted by atomic mass is 10.1. The van der Waals surface area contributed by atoms with Gasteiger partial charge in [0.25, 0.3) is 5.22 Å². The van der Waals surface area contributed by atoms with Crippen molar-refractivity contribution in [3.63, 3.8) is 0 Å². The molecule has 11 heteroatoms. The second kappa shape index (κ2) is 9.69. The number of amides is 1. The van der Waals surface area contributed by atoms with E-state index in [4.69, 9.17) is 8.94 Å². The van der Waals surface area contributed by atoms with Crippen molar-refractivity contribution in [2.45, 2.75) is 30.7 Å². The summed E-state index contributed by atoms with van der Waals surface area (Å²) >= 11 is 1.25. The number of rotatable bonds is 8. The molecule has 4 aromatic rings. The minimum atomic E-state index is -0.845. The Kier molecular flexibility index (Phi) is 6.55. The van der Waals surface area contributed by atoms with E-state index in [1.165, 1.54) is 17.8 Å². The molecule has 164 valence electrons. The first kappa shape index (κ1) is 21.6. The number of halogens is 2. The van der Waals surface area contributed by atoms with Gasteiger partial charge in [0, 0.05) is 18.4 Å². The molecule has 0 spiro atoms. The Hall–Kier alpha value is -3.60. The van der Waals surface area contributed by atoms with Gasteiger partial charge in [0.2, 0.25) is 17.7 Å². The van der Waals surface area contributed by atoms with E-state index < -0.39 is 23.2 Å². The number of aryl methyl sites for hydroxylation is 2. The number of hydrogen-bond donors (Lipinski definition) is 1. The summed E-state index contributed by atoms with van der Waals surface area (Å²) in [7, 11) is 0. The molecule has 0 unspecified atom stereocenters. The molecule has 32 heavy (non-hydrogen) atoms. The van der Waals surface area contributed by atoms with E-state index in [2.05, 4.69) is 25.7 Å². The lowest BCUT2D eigenvalue weighted by Gasteiger charge is -2.06. The number of nitrogens with zero attached hydrogens (tertiary/aromatic N) is 4. The maximum Gasteiger partial charge on any atom is 0.277 e. The van der Waals surface area contributed by atoms with Crippen LogP contribution in [0.4, 0.5) is 14.5 Å². The summed E-state index contributed by atoms with van der Waals surface area (Å²) < 4.78 is 38.0. The highest BCUT2D eigenvalue weighted by molar-refractivity contribution is 7.98. The van der Waals surface area contributed by atoms with Gasteiger partial charge in [-0.3, -0.25) is 4.79 Å². The van der Waals surface area contributed by atoms with Gasteiger partial charge in [-0.05, 0) is 31.2 Å². The largest absolute Gasteiger partial charge is 0.411 e. The lowest BCUT2D eigenvalue weighted by Crippen LogP contribution is -2.14. The maximum absolute atomic E-state index is 13.6. The van der Waals surface area contributed by atoms with E-state index in [1.54, 1.807) is 0 Å². The van der Waals surface area contributed by atoms with Crippen LogP contribution in [0.15, 0.2) is 56.6 Å². The van der Waals surface area contributed by atoms with Crippen LogP contribution in [0.25, 0.3) is 11.5 Å².